The molecule has 0 bridgehead atoms. The first-order valence-electron chi connectivity index (χ1n) is 14.0. The van der Waals surface area contributed by atoms with Crippen molar-refractivity contribution in [3.63, 3.8) is 0 Å². The van der Waals surface area contributed by atoms with Gasteiger partial charge in [0.15, 0.2) is 0 Å². The third kappa shape index (κ3) is 5.43. The first-order chi connectivity index (χ1) is 18.6. The van der Waals surface area contributed by atoms with E-state index in [0.29, 0.717) is 6.04 Å². The van der Waals surface area contributed by atoms with Gasteiger partial charge >= 0.3 is 0 Å². The molecule has 0 heterocycles. The normalized spacial score (nSPS) is 11.7. The number of hydrogen-bond donors (Lipinski definition) is 0. The van der Waals surface area contributed by atoms with Gasteiger partial charge in [0, 0.05) is 39.7 Å². The summed E-state index contributed by atoms with van der Waals surface area (Å²) in [4.78, 5) is 4.87. The summed E-state index contributed by atoms with van der Waals surface area (Å²) in [5.41, 5.74) is 9.82. The summed E-state index contributed by atoms with van der Waals surface area (Å²) >= 11 is 0. The van der Waals surface area contributed by atoms with E-state index >= 15 is 0 Å². The zero-order chi connectivity index (χ0) is 27.7. The van der Waals surface area contributed by atoms with Crippen molar-refractivity contribution in [2.45, 2.75) is 60.0 Å². The molecule has 0 N–H and O–H groups in total. The Morgan fingerprint density at radius 3 is 1.74 bits per heavy atom. The third-order valence-electron chi connectivity index (χ3n) is 7.33. The average molecular weight is 513 g/mol. The third-order valence-corrected chi connectivity index (χ3v) is 7.33. The molecule has 2 nitrogen and oxygen atoms in total. The van der Waals surface area contributed by atoms with Crippen LogP contribution in [-0.2, 0) is 0 Å². The van der Waals surface area contributed by atoms with Gasteiger partial charge in [0.25, 0.3) is 0 Å². The van der Waals surface area contributed by atoms with Crippen LogP contribution in [0.4, 0.5) is 22.7 Å². The van der Waals surface area contributed by atoms with Crippen molar-refractivity contribution in [2.24, 2.45) is 0 Å². The van der Waals surface area contributed by atoms with Gasteiger partial charge in [-0.3, -0.25) is 0 Å². The molecule has 0 saturated carbocycles. The van der Waals surface area contributed by atoms with Crippen molar-refractivity contribution in [3.05, 3.63) is 120 Å². The lowest BCUT2D eigenvalue weighted by atomic mass is 9.94. The van der Waals surface area contributed by atoms with E-state index in [1.807, 2.05) is 0 Å². The van der Waals surface area contributed by atoms with E-state index in [1.54, 1.807) is 0 Å². The van der Waals surface area contributed by atoms with Gasteiger partial charge < -0.3 is 9.80 Å². The monoisotopic (exact) mass is 512 g/mol. The maximum absolute atomic E-state index is 2.47. The molecular weight excluding hydrogens is 472 g/mol. The molecule has 39 heavy (non-hydrogen) atoms. The average Bonchev–Trinajstić information content (AvgIpc) is 2.89. The Morgan fingerprint density at radius 1 is 0.564 bits per heavy atom. The van der Waals surface area contributed by atoms with Crippen LogP contribution in [0.1, 0.15) is 45.7 Å². The zero-order valence-corrected chi connectivity index (χ0v) is 24.4. The second-order valence-corrected chi connectivity index (χ2v) is 11.9. The van der Waals surface area contributed by atoms with Crippen LogP contribution >= 0.6 is 0 Å². The molecule has 0 aliphatic rings. The fourth-order valence-electron chi connectivity index (χ4n) is 5.71. The highest BCUT2D eigenvalue weighted by atomic mass is 15.2. The van der Waals surface area contributed by atoms with Gasteiger partial charge in [-0.25, -0.2) is 0 Å². The Morgan fingerprint density at radius 2 is 1.15 bits per heavy atom. The van der Waals surface area contributed by atoms with Crippen LogP contribution in [0.25, 0.3) is 21.9 Å². The summed E-state index contributed by atoms with van der Waals surface area (Å²) in [6, 6.07) is 40.4. The van der Waals surface area contributed by atoms with Gasteiger partial charge in [-0.15, -0.1) is 0 Å². The Labute approximate surface area is 234 Å². The van der Waals surface area contributed by atoms with Crippen molar-refractivity contribution in [1.82, 2.24) is 0 Å². The number of nitrogens with zero attached hydrogens (tertiary/aromatic N) is 2. The fourth-order valence-corrected chi connectivity index (χ4v) is 5.71. The number of hydrogen-bond acceptors (Lipinski definition) is 2. The lowest BCUT2D eigenvalue weighted by molar-refractivity contribution is 0.561. The van der Waals surface area contributed by atoms with Crippen LogP contribution in [0.3, 0.4) is 0 Å². The molecular formula is C37H40N2. The Kier molecular flexibility index (Phi) is 7.23. The van der Waals surface area contributed by atoms with Crippen molar-refractivity contribution in [3.8, 4) is 11.1 Å². The number of benzene rings is 5. The van der Waals surface area contributed by atoms with Crippen LogP contribution < -0.4 is 9.80 Å². The summed E-state index contributed by atoms with van der Waals surface area (Å²) in [5.74, 6) is 0. The second-order valence-electron chi connectivity index (χ2n) is 11.9. The standard InChI is InChI=1S/C37H40N2/c1-26(2)38(31-14-10-12-27(3)24-31)30-20-18-29(19-21-30)33-22-23-36(35-17-9-8-16-34(33)35)39(37(5,6)7)32-15-11-13-28(4)25-32/h8-26H,1-7H3. The SMILES string of the molecule is Cc1cccc(N(c2ccc(-c3ccc(N(c4cccc(C)c4)C(C)(C)C)c4ccccc34)cc2)C(C)C)c1. The van der Waals surface area contributed by atoms with Gasteiger partial charge in [-0.05, 0) is 119 Å². The van der Waals surface area contributed by atoms with Crippen LogP contribution in [0.5, 0.6) is 0 Å². The summed E-state index contributed by atoms with van der Waals surface area (Å²) in [5, 5.41) is 2.53. The fraction of sp³-hybridized carbons (Fsp3) is 0.243. The van der Waals surface area contributed by atoms with Crippen LogP contribution in [0.15, 0.2) is 109 Å². The minimum atomic E-state index is -0.0875. The number of aryl methyl sites for hydroxylation is 2. The number of fused-ring (bicyclic) bond motifs is 1. The highest BCUT2D eigenvalue weighted by molar-refractivity contribution is 6.05. The Hall–Kier alpha value is -4.04. The van der Waals surface area contributed by atoms with Gasteiger partial charge in [-0.2, -0.15) is 0 Å². The highest BCUT2D eigenvalue weighted by Gasteiger charge is 2.26. The summed E-state index contributed by atoms with van der Waals surface area (Å²) in [6.45, 7) is 15.7. The molecule has 5 rings (SSSR count). The molecule has 0 radical (unpaired) electrons. The predicted octanol–water partition coefficient (Wildman–Crippen LogP) is 10.6. The molecule has 0 saturated heterocycles. The van der Waals surface area contributed by atoms with E-state index in [9.17, 15) is 0 Å². The minimum Gasteiger partial charge on any atom is -0.339 e. The molecule has 0 spiro atoms. The molecule has 0 unspecified atom stereocenters. The Balaban J connectivity index is 1.59. The van der Waals surface area contributed by atoms with E-state index in [0.717, 1.165) is 0 Å². The highest BCUT2D eigenvalue weighted by Crippen LogP contribution is 2.42. The second kappa shape index (κ2) is 10.6. The van der Waals surface area contributed by atoms with Crippen molar-refractivity contribution in [2.75, 3.05) is 9.80 Å². The Bertz CT molecular complexity index is 1590. The van der Waals surface area contributed by atoms with E-state index in [4.69, 9.17) is 0 Å². The molecule has 0 aliphatic carbocycles. The van der Waals surface area contributed by atoms with E-state index in [-0.39, 0.29) is 5.54 Å². The minimum absolute atomic E-state index is 0.0875. The van der Waals surface area contributed by atoms with E-state index < -0.39 is 0 Å². The maximum atomic E-state index is 2.47. The summed E-state index contributed by atoms with van der Waals surface area (Å²) in [7, 11) is 0. The smallest absolute Gasteiger partial charge is 0.0495 e. The summed E-state index contributed by atoms with van der Waals surface area (Å²) < 4.78 is 0. The molecule has 0 fully saturated rings. The number of anilines is 4. The van der Waals surface area contributed by atoms with Crippen molar-refractivity contribution >= 4 is 33.5 Å². The van der Waals surface area contributed by atoms with Gasteiger partial charge in [-0.1, -0.05) is 66.7 Å². The van der Waals surface area contributed by atoms with Crippen molar-refractivity contribution < 1.29 is 0 Å². The lowest BCUT2D eigenvalue weighted by Gasteiger charge is -2.39. The molecule has 5 aromatic carbocycles. The largest absolute Gasteiger partial charge is 0.339 e. The first-order valence-corrected chi connectivity index (χ1v) is 14.0. The van der Waals surface area contributed by atoms with Crippen LogP contribution in [-0.4, -0.2) is 11.6 Å². The quantitative estimate of drug-likeness (QED) is 0.223. The predicted molar refractivity (Wildman–Crippen MR) is 171 cm³/mol. The summed E-state index contributed by atoms with van der Waals surface area (Å²) in [6.07, 6.45) is 0. The van der Waals surface area contributed by atoms with Crippen molar-refractivity contribution in [1.29, 1.82) is 0 Å². The molecule has 5 aromatic rings. The van der Waals surface area contributed by atoms with E-state index in [1.165, 1.54) is 55.8 Å². The first kappa shape index (κ1) is 26.6. The molecule has 0 amide bonds. The lowest BCUT2D eigenvalue weighted by Crippen LogP contribution is -2.37. The molecule has 0 atom stereocenters. The van der Waals surface area contributed by atoms with Gasteiger partial charge in [0.2, 0.25) is 0 Å². The molecule has 0 aromatic heterocycles. The van der Waals surface area contributed by atoms with Crippen LogP contribution in [0.2, 0.25) is 0 Å². The van der Waals surface area contributed by atoms with Gasteiger partial charge in [0.1, 0.15) is 0 Å². The topological polar surface area (TPSA) is 6.48 Å². The molecule has 198 valence electrons. The van der Waals surface area contributed by atoms with Crippen LogP contribution in [0, 0.1) is 13.8 Å². The zero-order valence-electron chi connectivity index (χ0n) is 24.4. The number of rotatable bonds is 6. The molecule has 0 aliphatic heterocycles. The maximum Gasteiger partial charge on any atom is 0.0495 e. The van der Waals surface area contributed by atoms with Gasteiger partial charge in [0.05, 0.1) is 0 Å². The molecule has 2 heteroatoms. The van der Waals surface area contributed by atoms with E-state index in [2.05, 4.69) is 167 Å².